The van der Waals surface area contributed by atoms with Crippen molar-refractivity contribution in [2.24, 2.45) is 5.73 Å². The van der Waals surface area contributed by atoms with Crippen LogP contribution in [0.2, 0.25) is 0 Å². The van der Waals surface area contributed by atoms with Gasteiger partial charge in [-0.05, 0) is 23.0 Å². The Kier molecular flexibility index (Phi) is 4.49. The normalized spacial score (nSPS) is 13.0. The molecule has 24 heavy (non-hydrogen) atoms. The zero-order valence-corrected chi connectivity index (χ0v) is 14.5. The van der Waals surface area contributed by atoms with Crippen LogP contribution in [0.4, 0.5) is 0 Å². The largest absolute Gasteiger partial charge is 0.321 e. The molecule has 0 amide bonds. The molecule has 0 fully saturated rings. The van der Waals surface area contributed by atoms with Gasteiger partial charge in [-0.3, -0.25) is 5.10 Å². The Morgan fingerprint density at radius 1 is 1.00 bits per heavy atom. The highest BCUT2D eigenvalue weighted by Crippen LogP contribution is 2.25. The van der Waals surface area contributed by atoms with Crippen molar-refractivity contribution in [3.63, 3.8) is 0 Å². The van der Waals surface area contributed by atoms with Crippen LogP contribution in [0.3, 0.4) is 0 Å². The maximum absolute atomic E-state index is 6.27. The van der Waals surface area contributed by atoms with Gasteiger partial charge >= 0.3 is 0 Å². The van der Waals surface area contributed by atoms with Gasteiger partial charge in [-0.15, -0.1) is 0 Å². The number of hydrogen-bond acceptors (Lipinski definition) is 3. The van der Waals surface area contributed by atoms with Crippen molar-refractivity contribution in [1.29, 1.82) is 0 Å². The summed E-state index contributed by atoms with van der Waals surface area (Å²) in [7, 11) is 0. The summed E-state index contributed by atoms with van der Waals surface area (Å²) < 4.78 is 0. The summed E-state index contributed by atoms with van der Waals surface area (Å²) in [4.78, 5) is 4.58. The number of nitrogens with zero attached hydrogens (tertiary/aromatic N) is 2. The lowest BCUT2D eigenvalue weighted by Crippen LogP contribution is -2.15. The molecule has 0 saturated heterocycles. The Balaban J connectivity index is 1.75. The summed E-state index contributed by atoms with van der Waals surface area (Å²) in [6, 6.07) is 18.4. The summed E-state index contributed by atoms with van der Waals surface area (Å²) in [5, 5.41) is 7.31. The average Bonchev–Trinajstić information content (AvgIpc) is 3.05. The summed E-state index contributed by atoms with van der Waals surface area (Å²) in [6.07, 6.45) is 0.735. The maximum Gasteiger partial charge on any atom is 0.181 e. The smallest absolute Gasteiger partial charge is 0.181 e. The quantitative estimate of drug-likeness (QED) is 0.763. The van der Waals surface area contributed by atoms with Crippen molar-refractivity contribution in [2.45, 2.75) is 38.6 Å². The number of nitrogens with one attached hydrogen (secondary N) is 1. The second-order valence-corrected chi connectivity index (χ2v) is 7.17. The Bertz CT molecular complexity index is 783. The van der Waals surface area contributed by atoms with Crippen LogP contribution in [0.15, 0.2) is 54.6 Å². The zero-order chi connectivity index (χ0) is 17.2. The average molecular weight is 320 g/mol. The first kappa shape index (κ1) is 16.4. The monoisotopic (exact) mass is 320 g/mol. The van der Waals surface area contributed by atoms with Crippen LogP contribution in [-0.4, -0.2) is 15.2 Å². The minimum absolute atomic E-state index is 0.140. The zero-order valence-electron chi connectivity index (χ0n) is 14.5. The van der Waals surface area contributed by atoms with Gasteiger partial charge in [-0.25, -0.2) is 4.98 Å². The maximum atomic E-state index is 6.27. The van der Waals surface area contributed by atoms with Crippen molar-refractivity contribution >= 4 is 0 Å². The van der Waals surface area contributed by atoms with Crippen molar-refractivity contribution < 1.29 is 0 Å². The molecule has 2 aromatic carbocycles. The molecule has 0 saturated carbocycles. The SMILES string of the molecule is CC(C)(C)c1ccc(-c2n[nH]c(C(N)Cc3ccccc3)n2)cc1. The van der Waals surface area contributed by atoms with E-state index < -0.39 is 0 Å². The topological polar surface area (TPSA) is 67.6 Å². The lowest BCUT2D eigenvalue weighted by atomic mass is 9.87. The number of hydrogen-bond donors (Lipinski definition) is 2. The van der Waals surface area contributed by atoms with Crippen molar-refractivity contribution in [1.82, 2.24) is 15.2 Å². The lowest BCUT2D eigenvalue weighted by Gasteiger charge is -2.18. The highest BCUT2D eigenvalue weighted by atomic mass is 15.2. The van der Waals surface area contributed by atoms with E-state index in [2.05, 4.69) is 72.4 Å². The first-order valence-corrected chi connectivity index (χ1v) is 8.26. The minimum atomic E-state index is -0.192. The van der Waals surface area contributed by atoms with Crippen LogP contribution in [-0.2, 0) is 11.8 Å². The van der Waals surface area contributed by atoms with Crippen molar-refractivity contribution in [3.05, 3.63) is 71.5 Å². The summed E-state index contributed by atoms with van der Waals surface area (Å²) >= 11 is 0. The van der Waals surface area contributed by atoms with Crippen LogP contribution in [0.1, 0.15) is 43.8 Å². The molecule has 1 aromatic heterocycles. The Morgan fingerprint density at radius 2 is 1.67 bits per heavy atom. The molecule has 1 heterocycles. The lowest BCUT2D eigenvalue weighted by molar-refractivity contribution is 0.590. The number of benzene rings is 2. The summed E-state index contributed by atoms with van der Waals surface area (Å²) in [5.41, 5.74) is 9.89. The molecule has 3 aromatic rings. The fourth-order valence-electron chi connectivity index (χ4n) is 2.65. The molecular formula is C20H24N4. The van der Waals surface area contributed by atoms with E-state index in [0.29, 0.717) is 11.6 Å². The molecule has 0 spiro atoms. The molecular weight excluding hydrogens is 296 g/mol. The third-order valence-electron chi connectivity index (χ3n) is 4.16. The van der Waals surface area contributed by atoms with Gasteiger partial charge in [0, 0.05) is 5.56 Å². The molecule has 3 rings (SSSR count). The number of aromatic amines is 1. The first-order valence-electron chi connectivity index (χ1n) is 8.26. The Morgan fingerprint density at radius 3 is 2.29 bits per heavy atom. The molecule has 0 aliphatic rings. The van der Waals surface area contributed by atoms with Crippen LogP contribution < -0.4 is 5.73 Å². The molecule has 0 aliphatic carbocycles. The van der Waals surface area contributed by atoms with Gasteiger partial charge < -0.3 is 5.73 Å². The molecule has 4 heteroatoms. The fraction of sp³-hybridized carbons (Fsp3) is 0.300. The van der Waals surface area contributed by atoms with E-state index in [9.17, 15) is 0 Å². The summed E-state index contributed by atoms with van der Waals surface area (Å²) in [6.45, 7) is 6.61. The van der Waals surface area contributed by atoms with Crippen molar-refractivity contribution in [2.75, 3.05) is 0 Å². The van der Waals surface area contributed by atoms with E-state index in [-0.39, 0.29) is 11.5 Å². The molecule has 1 atom stereocenters. The molecule has 3 N–H and O–H groups in total. The second kappa shape index (κ2) is 6.57. The van der Waals surface area contributed by atoms with E-state index in [1.807, 2.05) is 18.2 Å². The number of rotatable bonds is 4. The van der Waals surface area contributed by atoms with E-state index in [4.69, 9.17) is 5.73 Å². The van der Waals surface area contributed by atoms with Gasteiger partial charge in [0.25, 0.3) is 0 Å². The molecule has 0 bridgehead atoms. The number of nitrogens with two attached hydrogens (primary N) is 1. The highest BCUT2D eigenvalue weighted by molar-refractivity contribution is 5.55. The third kappa shape index (κ3) is 3.71. The Hall–Kier alpha value is -2.46. The van der Waals surface area contributed by atoms with Gasteiger partial charge in [0.2, 0.25) is 0 Å². The summed E-state index contributed by atoms with van der Waals surface area (Å²) in [5.74, 6) is 1.41. The van der Waals surface area contributed by atoms with Gasteiger partial charge in [0.15, 0.2) is 5.82 Å². The van der Waals surface area contributed by atoms with E-state index in [1.54, 1.807) is 0 Å². The van der Waals surface area contributed by atoms with Crippen LogP contribution >= 0.6 is 0 Å². The van der Waals surface area contributed by atoms with E-state index in [0.717, 1.165) is 12.0 Å². The molecule has 1 unspecified atom stereocenters. The Labute approximate surface area is 143 Å². The predicted octanol–water partition coefficient (Wildman–Crippen LogP) is 4.01. The van der Waals surface area contributed by atoms with Crippen LogP contribution in [0.5, 0.6) is 0 Å². The van der Waals surface area contributed by atoms with E-state index >= 15 is 0 Å². The van der Waals surface area contributed by atoms with Crippen molar-refractivity contribution in [3.8, 4) is 11.4 Å². The van der Waals surface area contributed by atoms with Gasteiger partial charge in [-0.1, -0.05) is 75.4 Å². The fourth-order valence-corrected chi connectivity index (χ4v) is 2.65. The van der Waals surface area contributed by atoms with E-state index in [1.165, 1.54) is 11.1 Å². The van der Waals surface area contributed by atoms with Gasteiger partial charge in [0.05, 0.1) is 6.04 Å². The molecule has 4 nitrogen and oxygen atoms in total. The predicted molar refractivity (Wildman–Crippen MR) is 97.6 cm³/mol. The molecule has 0 radical (unpaired) electrons. The van der Waals surface area contributed by atoms with Crippen LogP contribution in [0.25, 0.3) is 11.4 Å². The standard InChI is InChI=1S/C20H24N4/c1-20(2,3)16-11-9-15(10-12-16)18-22-19(24-23-18)17(21)13-14-7-5-4-6-8-14/h4-12,17H,13,21H2,1-3H3,(H,22,23,24). The number of H-pyrrole nitrogens is 1. The number of aromatic nitrogens is 3. The first-order chi connectivity index (χ1) is 11.4. The van der Waals surface area contributed by atoms with Crippen LogP contribution in [0, 0.1) is 0 Å². The second-order valence-electron chi connectivity index (χ2n) is 7.17. The minimum Gasteiger partial charge on any atom is -0.321 e. The molecule has 124 valence electrons. The molecule has 0 aliphatic heterocycles. The van der Waals surface area contributed by atoms with Gasteiger partial charge in [-0.2, -0.15) is 5.10 Å². The third-order valence-corrected chi connectivity index (χ3v) is 4.16. The highest BCUT2D eigenvalue weighted by Gasteiger charge is 2.16. The van der Waals surface area contributed by atoms with Gasteiger partial charge in [0.1, 0.15) is 5.82 Å².